The van der Waals surface area contributed by atoms with Crippen LogP contribution >= 0.6 is 0 Å². The number of hydrogen-bond donors (Lipinski definition) is 1. The Labute approximate surface area is 86.4 Å². The Morgan fingerprint density at radius 3 is 2.67 bits per heavy atom. The predicted octanol–water partition coefficient (Wildman–Crippen LogP) is 1.35. The van der Waals surface area contributed by atoms with Gasteiger partial charge in [-0.3, -0.25) is 4.40 Å². The van der Waals surface area contributed by atoms with Gasteiger partial charge >= 0.3 is 5.97 Å². The Bertz CT molecular complexity index is 557. The van der Waals surface area contributed by atoms with Crippen LogP contribution in [0.15, 0.2) is 6.20 Å². The van der Waals surface area contributed by atoms with Crippen LogP contribution in [-0.2, 0) is 0 Å². The maximum absolute atomic E-state index is 11.1. The number of carbonyl (C=O) groups is 1. The number of imidazole rings is 1. The van der Waals surface area contributed by atoms with E-state index in [1.54, 1.807) is 24.4 Å². The predicted molar refractivity (Wildman–Crippen MR) is 54.2 cm³/mol. The van der Waals surface area contributed by atoms with E-state index in [1.165, 1.54) is 0 Å². The number of rotatable bonds is 1. The van der Waals surface area contributed by atoms with Crippen LogP contribution in [0.25, 0.3) is 5.65 Å². The molecule has 1 N–H and O–H groups in total. The highest BCUT2D eigenvalue weighted by atomic mass is 16.4. The summed E-state index contributed by atoms with van der Waals surface area (Å²) in [5.74, 6) is -0.343. The molecule has 0 atom stereocenters. The first-order valence-corrected chi connectivity index (χ1v) is 4.57. The van der Waals surface area contributed by atoms with Crippen LogP contribution < -0.4 is 0 Å². The second-order valence-corrected chi connectivity index (χ2v) is 3.50. The third-order valence-electron chi connectivity index (χ3n) is 2.38. The van der Waals surface area contributed by atoms with E-state index in [2.05, 4.69) is 9.97 Å². The molecule has 0 aliphatic heterocycles. The van der Waals surface area contributed by atoms with Gasteiger partial charge in [0.1, 0.15) is 11.5 Å². The van der Waals surface area contributed by atoms with Crippen molar-refractivity contribution in [2.24, 2.45) is 0 Å². The second-order valence-electron chi connectivity index (χ2n) is 3.50. The van der Waals surface area contributed by atoms with Gasteiger partial charge in [0.25, 0.3) is 0 Å². The molecule has 15 heavy (non-hydrogen) atoms. The average molecular weight is 205 g/mol. The van der Waals surface area contributed by atoms with Crippen LogP contribution in [0.3, 0.4) is 0 Å². The van der Waals surface area contributed by atoms with Crippen molar-refractivity contribution in [1.82, 2.24) is 14.4 Å². The van der Waals surface area contributed by atoms with Gasteiger partial charge in [-0.15, -0.1) is 0 Å². The summed E-state index contributed by atoms with van der Waals surface area (Å²) in [6.07, 6.45) is 1.70. The number of nitrogens with zero attached hydrogens (tertiary/aromatic N) is 3. The highest BCUT2D eigenvalue weighted by molar-refractivity contribution is 5.88. The summed E-state index contributed by atoms with van der Waals surface area (Å²) in [5, 5.41) is 9.08. The lowest BCUT2D eigenvalue weighted by Gasteiger charge is -2.02. The van der Waals surface area contributed by atoms with E-state index in [0.29, 0.717) is 17.2 Å². The molecule has 0 aromatic carbocycles. The smallest absolute Gasteiger partial charge is 0.354 e. The van der Waals surface area contributed by atoms with Crippen molar-refractivity contribution in [3.63, 3.8) is 0 Å². The fourth-order valence-corrected chi connectivity index (χ4v) is 1.67. The Morgan fingerprint density at radius 1 is 1.40 bits per heavy atom. The summed E-state index contributed by atoms with van der Waals surface area (Å²) in [5.41, 5.74) is 2.24. The monoisotopic (exact) mass is 205 g/mol. The molecule has 0 bridgehead atoms. The molecule has 2 rings (SSSR count). The molecule has 0 radical (unpaired) electrons. The molecule has 0 aliphatic rings. The summed E-state index contributed by atoms with van der Waals surface area (Å²) >= 11 is 0. The first-order valence-electron chi connectivity index (χ1n) is 4.57. The number of aryl methyl sites for hydroxylation is 3. The lowest BCUT2D eigenvalue weighted by molar-refractivity contribution is 0.0688. The summed E-state index contributed by atoms with van der Waals surface area (Å²) in [7, 11) is 0. The standard InChI is InChI=1S/C10H11N3O2/c1-5-4-11-7(3)13-8(10(14)15)6(2)12-9(5)13/h4H,1-3H3,(H,14,15). The number of carboxylic acids is 1. The van der Waals surface area contributed by atoms with Crippen LogP contribution in [0.4, 0.5) is 0 Å². The number of aromatic nitrogens is 3. The first-order chi connectivity index (χ1) is 7.02. The molecule has 0 saturated carbocycles. The van der Waals surface area contributed by atoms with E-state index >= 15 is 0 Å². The lowest BCUT2D eigenvalue weighted by atomic mass is 10.3. The first kappa shape index (κ1) is 9.64. The molecule has 2 aromatic heterocycles. The fraction of sp³-hybridized carbons (Fsp3) is 0.300. The van der Waals surface area contributed by atoms with Crippen molar-refractivity contribution in [3.8, 4) is 0 Å². The van der Waals surface area contributed by atoms with E-state index in [-0.39, 0.29) is 5.69 Å². The van der Waals surface area contributed by atoms with Gasteiger partial charge in [-0.1, -0.05) is 0 Å². The van der Waals surface area contributed by atoms with Crippen LogP contribution in [0.1, 0.15) is 27.6 Å². The largest absolute Gasteiger partial charge is 0.477 e. The zero-order valence-electron chi connectivity index (χ0n) is 8.77. The van der Waals surface area contributed by atoms with Gasteiger partial charge in [-0.05, 0) is 20.8 Å². The lowest BCUT2D eigenvalue weighted by Crippen LogP contribution is -2.07. The molecule has 0 amide bonds. The van der Waals surface area contributed by atoms with E-state index in [1.807, 2.05) is 6.92 Å². The normalized spacial score (nSPS) is 10.9. The van der Waals surface area contributed by atoms with Gasteiger partial charge in [0.15, 0.2) is 5.69 Å². The topological polar surface area (TPSA) is 67.5 Å². The highest BCUT2D eigenvalue weighted by Crippen LogP contribution is 2.16. The van der Waals surface area contributed by atoms with Crippen LogP contribution in [-0.4, -0.2) is 25.4 Å². The van der Waals surface area contributed by atoms with Gasteiger partial charge in [0.2, 0.25) is 0 Å². The molecule has 2 heterocycles. The maximum atomic E-state index is 11.1. The molecule has 0 spiro atoms. The van der Waals surface area contributed by atoms with Crippen molar-refractivity contribution in [3.05, 3.63) is 29.0 Å². The Hall–Kier alpha value is -1.91. The summed E-state index contributed by atoms with van der Waals surface area (Å²) in [6, 6.07) is 0. The molecular formula is C10H11N3O2. The van der Waals surface area contributed by atoms with Crippen molar-refractivity contribution in [2.75, 3.05) is 0 Å². The molecule has 78 valence electrons. The van der Waals surface area contributed by atoms with Crippen LogP contribution in [0.2, 0.25) is 0 Å². The molecule has 5 heteroatoms. The maximum Gasteiger partial charge on any atom is 0.354 e. The highest BCUT2D eigenvalue weighted by Gasteiger charge is 2.18. The molecule has 0 aliphatic carbocycles. The number of hydrogen-bond acceptors (Lipinski definition) is 3. The van der Waals surface area contributed by atoms with Gasteiger partial charge in [0, 0.05) is 11.8 Å². The van der Waals surface area contributed by atoms with E-state index in [9.17, 15) is 4.79 Å². The van der Waals surface area contributed by atoms with Crippen molar-refractivity contribution < 1.29 is 9.90 Å². The third kappa shape index (κ3) is 1.27. The molecule has 2 aromatic rings. The molecular weight excluding hydrogens is 194 g/mol. The Morgan fingerprint density at radius 2 is 2.07 bits per heavy atom. The third-order valence-corrected chi connectivity index (χ3v) is 2.38. The van der Waals surface area contributed by atoms with Crippen molar-refractivity contribution in [2.45, 2.75) is 20.8 Å². The van der Waals surface area contributed by atoms with Gasteiger partial charge < -0.3 is 5.11 Å². The molecule has 5 nitrogen and oxygen atoms in total. The number of carboxylic acid groups (broad SMARTS) is 1. The zero-order chi connectivity index (χ0) is 11.2. The zero-order valence-corrected chi connectivity index (χ0v) is 8.77. The summed E-state index contributed by atoms with van der Waals surface area (Å²) in [6.45, 7) is 5.31. The SMILES string of the molecule is Cc1nc2c(C)cnc(C)n2c1C(=O)O. The minimum Gasteiger partial charge on any atom is -0.477 e. The quantitative estimate of drug-likeness (QED) is 0.763. The summed E-state index contributed by atoms with van der Waals surface area (Å²) < 4.78 is 1.58. The van der Waals surface area contributed by atoms with Crippen molar-refractivity contribution >= 4 is 11.6 Å². The van der Waals surface area contributed by atoms with Crippen LogP contribution in [0.5, 0.6) is 0 Å². The van der Waals surface area contributed by atoms with Gasteiger partial charge in [-0.2, -0.15) is 0 Å². The second kappa shape index (κ2) is 3.05. The van der Waals surface area contributed by atoms with Gasteiger partial charge in [-0.25, -0.2) is 14.8 Å². The van der Waals surface area contributed by atoms with E-state index in [4.69, 9.17) is 5.11 Å². The van der Waals surface area contributed by atoms with E-state index < -0.39 is 5.97 Å². The minimum absolute atomic E-state index is 0.193. The molecule has 0 saturated heterocycles. The Balaban J connectivity index is 2.98. The van der Waals surface area contributed by atoms with E-state index in [0.717, 1.165) is 5.56 Å². The Kier molecular flexibility index (Phi) is 1.96. The van der Waals surface area contributed by atoms with Crippen molar-refractivity contribution in [1.29, 1.82) is 0 Å². The molecule has 0 unspecified atom stereocenters. The fourth-order valence-electron chi connectivity index (χ4n) is 1.67. The summed E-state index contributed by atoms with van der Waals surface area (Å²) in [4.78, 5) is 19.4. The number of aromatic carboxylic acids is 1. The minimum atomic E-state index is -0.976. The number of fused-ring (bicyclic) bond motifs is 1. The van der Waals surface area contributed by atoms with Gasteiger partial charge in [0.05, 0.1) is 5.69 Å². The average Bonchev–Trinajstić information content (AvgIpc) is 2.50. The van der Waals surface area contributed by atoms with Crippen LogP contribution in [0, 0.1) is 20.8 Å². The molecule has 0 fully saturated rings.